The molecule has 0 N–H and O–H groups in total. The number of halogens is 3. The molecule has 0 aliphatic heterocycles. The van der Waals surface area contributed by atoms with E-state index < -0.39 is 25.0 Å². The molecule has 0 fully saturated rings. The molecule has 5 heteroatoms. The zero-order chi connectivity index (χ0) is 12.1. The van der Waals surface area contributed by atoms with Gasteiger partial charge in [0.05, 0.1) is 12.7 Å². The minimum Gasteiger partial charge on any atom is -0.465 e. The molecule has 0 amide bonds. The van der Waals surface area contributed by atoms with Crippen molar-refractivity contribution in [1.82, 2.24) is 0 Å². The van der Waals surface area contributed by atoms with E-state index >= 15 is 0 Å². The largest absolute Gasteiger partial charge is 0.465 e. The standard InChI is InChI=1S/C11H11F3O2/c1-16-11(15)8-5-3-2-4-7(8)6-9(12)10(13)14/h2-5,9-10H,6H2,1H3. The average molecular weight is 232 g/mol. The van der Waals surface area contributed by atoms with Gasteiger partial charge in [0, 0.05) is 6.42 Å². The normalized spacial score (nSPS) is 12.6. The second kappa shape index (κ2) is 5.53. The zero-order valence-corrected chi connectivity index (χ0v) is 8.62. The minimum absolute atomic E-state index is 0.119. The van der Waals surface area contributed by atoms with Gasteiger partial charge in [-0.3, -0.25) is 0 Å². The molecule has 0 aromatic heterocycles. The van der Waals surface area contributed by atoms with Crippen LogP contribution in [0.5, 0.6) is 0 Å². The number of benzene rings is 1. The highest BCUT2D eigenvalue weighted by Crippen LogP contribution is 2.17. The van der Waals surface area contributed by atoms with Crippen molar-refractivity contribution in [2.75, 3.05) is 7.11 Å². The molecule has 0 bridgehead atoms. The third kappa shape index (κ3) is 2.98. The molecule has 1 atom stereocenters. The third-order valence-corrected chi connectivity index (χ3v) is 2.11. The van der Waals surface area contributed by atoms with Crippen LogP contribution in [0.1, 0.15) is 15.9 Å². The molecule has 1 rings (SSSR count). The molecule has 1 unspecified atom stereocenters. The summed E-state index contributed by atoms with van der Waals surface area (Å²) in [6, 6.07) is 5.96. The molecule has 2 nitrogen and oxygen atoms in total. The van der Waals surface area contributed by atoms with Crippen LogP contribution in [0.25, 0.3) is 0 Å². The van der Waals surface area contributed by atoms with Crippen LogP contribution in [0.15, 0.2) is 24.3 Å². The second-order valence-electron chi connectivity index (χ2n) is 3.20. The van der Waals surface area contributed by atoms with Crippen LogP contribution in [0, 0.1) is 0 Å². The summed E-state index contributed by atoms with van der Waals surface area (Å²) in [7, 11) is 1.18. The molecular formula is C11H11F3O2. The Bertz CT molecular complexity index is 366. The van der Waals surface area contributed by atoms with Crippen LogP contribution >= 0.6 is 0 Å². The lowest BCUT2D eigenvalue weighted by Gasteiger charge is -2.10. The summed E-state index contributed by atoms with van der Waals surface area (Å²) in [5, 5.41) is 0. The summed E-state index contributed by atoms with van der Waals surface area (Å²) in [6.45, 7) is 0. The quantitative estimate of drug-likeness (QED) is 0.746. The zero-order valence-electron chi connectivity index (χ0n) is 8.62. The fourth-order valence-electron chi connectivity index (χ4n) is 1.31. The van der Waals surface area contributed by atoms with Gasteiger partial charge in [0.15, 0.2) is 6.17 Å². The number of rotatable bonds is 4. The number of ether oxygens (including phenoxy) is 1. The van der Waals surface area contributed by atoms with E-state index in [9.17, 15) is 18.0 Å². The van der Waals surface area contributed by atoms with Crippen LogP contribution in [-0.4, -0.2) is 25.7 Å². The fraction of sp³-hybridized carbons (Fsp3) is 0.364. The van der Waals surface area contributed by atoms with Gasteiger partial charge < -0.3 is 4.74 Å². The first-order chi connectivity index (χ1) is 7.56. The fourth-order valence-corrected chi connectivity index (χ4v) is 1.31. The Morgan fingerprint density at radius 1 is 1.31 bits per heavy atom. The smallest absolute Gasteiger partial charge is 0.338 e. The Hall–Kier alpha value is -1.52. The van der Waals surface area contributed by atoms with E-state index in [2.05, 4.69) is 4.74 Å². The van der Waals surface area contributed by atoms with Crippen LogP contribution in [0.4, 0.5) is 13.2 Å². The Balaban J connectivity index is 2.91. The number of hydrogen-bond acceptors (Lipinski definition) is 2. The summed E-state index contributed by atoms with van der Waals surface area (Å²) in [5.41, 5.74) is 0.343. The maximum absolute atomic E-state index is 12.9. The molecule has 1 aromatic rings. The van der Waals surface area contributed by atoms with Crippen molar-refractivity contribution in [2.24, 2.45) is 0 Å². The first-order valence-electron chi connectivity index (χ1n) is 4.64. The number of alkyl halides is 3. The number of esters is 1. The predicted octanol–water partition coefficient (Wildman–Crippen LogP) is 2.62. The predicted molar refractivity (Wildman–Crippen MR) is 52.4 cm³/mol. The topological polar surface area (TPSA) is 26.3 Å². The molecule has 0 radical (unpaired) electrons. The van der Waals surface area contributed by atoms with Crippen molar-refractivity contribution in [2.45, 2.75) is 19.0 Å². The van der Waals surface area contributed by atoms with E-state index in [-0.39, 0.29) is 11.1 Å². The van der Waals surface area contributed by atoms with E-state index in [1.54, 1.807) is 12.1 Å². The molecule has 0 heterocycles. The molecule has 0 spiro atoms. The van der Waals surface area contributed by atoms with Gasteiger partial charge in [0.1, 0.15) is 0 Å². The van der Waals surface area contributed by atoms with Crippen molar-refractivity contribution in [1.29, 1.82) is 0 Å². The highest BCUT2D eigenvalue weighted by molar-refractivity contribution is 5.90. The first kappa shape index (κ1) is 12.5. The number of carbonyl (C=O) groups is 1. The Labute approximate surface area is 91.0 Å². The van der Waals surface area contributed by atoms with Gasteiger partial charge >= 0.3 is 5.97 Å². The summed E-state index contributed by atoms with van der Waals surface area (Å²) in [5.74, 6) is -0.655. The van der Waals surface area contributed by atoms with Gasteiger partial charge in [-0.15, -0.1) is 0 Å². The highest BCUT2D eigenvalue weighted by Gasteiger charge is 2.22. The Morgan fingerprint density at radius 3 is 2.50 bits per heavy atom. The van der Waals surface area contributed by atoms with Gasteiger partial charge in [-0.1, -0.05) is 18.2 Å². The lowest BCUT2D eigenvalue weighted by atomic mass is 10.0. The van der Waals surface area contributed by atoms with Gasteiger partial charge in [-0.05, 0) is 11.6 Å². The van der Waals surface area contributed by atoms with Crippen molar-refractivity contribution < 1.29 is 22.7 Å². The minimum atomic E-state index is -3.05. The molecule has 0 aliphatic carbocycles. The Kier molecular flexibility index (Phi) is 4.34. The summed E-state index contributed by atoms with van der Waals surface area (Å²) in [6.07, 6.45) is -5.82. The van der Waals surface area contributed by atoms with E-state index in [1.165, 1.54) is 19.2 Å². The van der Waals surface area contributed by atoms with E-state index in [0.29, 0.717) is 0 Å². The number of hydrogen-bond donors (Lipinski definition) is 0. The first-order valence-corrected chi connectivity index (χ1v) is 4.64. The molecule has 0 aliphatic rings. The summed E-state index contributed by atoms with van der Waals surface area (Å²) < 4.78 is 41.4. The van der Waals surface area contributed by atoms with Crippen LogP contribution < -0.4 is 0 Å². The van der Waals surface area contributed by atoms with Crippen molar-refractivity contribution >= 4 is 5.97 Å². The molecular weight excluding hydrogens is 221 g/mol. The van der Waals surface area contributed by atoms with Crippen LogP contribution in [-0.2, 0) is 11.2 Å². The monoisotopic (exact) mass is 232 g/mol. The summed E-state index contributed by atoms with van der Waals surface area (Å²) in [4.78, 5) is 11.3. The van der Waals surface area contributed by atoms with Gasteiger partial charge in [0.25, 0.3) is 6.43 Å². The lowest BCUT2D eigenvalue weighted by molar-refractivity contribution is 0.0492. The van der Waals surface area contributed by atoms with Crippen LogP contribution in [0.3, 0.4) is 0 Å². The van der Waals surface area contributed by atoms with Crippen molar-refractivity contribution in [3.8, 4) is 0 Å². The van der Waals surface area contributed by atoms with E-state index in [1.807, 2.05) is 0 Å². The molecule has 16 heavy (non-hydrogen) atoms. The second-order valence-corrected chi connectivity index (χ2v) is 3.20. The average Bonchev–Trinajstić information content (AvgIpc) is 2.28. The molecule has 88 valence electrons. The molecule has 0 saturated heterocycles. The van der Waals surface area contributed by atoms with Gasteiger partial charge in [0.2, 0.25) is 0 Å². The summed E-state index contributed by atoms with van der Waals surface area (Å²) >= 11 is 0. The van der Waals surface area contributed by atoms with Crippen molar-refractivity contribution in [3.63, 3.8) is 0 Å². The van der Waals surface area contributed by atoms with Crippen molar-refractivity contribution in [3.05, 3.63) is 35.4 Å². The van der Waals surface area contributed by atoms with E-state index in [0.717, 1.165) is 0 Å². The van der Waals surface area contributed by atoms with Gasteiger partial charge in [-0.2, -0.15) is 0 Å². The third-order valence-electron chi connectivity index (χ3n) is 2.11. The number of methoxy groups -OCH3 is 1. The molecule has 1 aromatic carbocycles. The van der Waals surface area contributed by atoms with Crippen LogP contribution in [0.2, 0.25) is 0 Å². The lowest BCUT2D eigenvalue weighted by Crippen LogP contribution is -2.17. The number of carbonyl (C=O) groups excluding carboxylic acids is 1. The van der Waals surface area contributed by atoms with E-state index in [4.69, 9.17) is 0 Å². The molecule has 0 saturated carbocycles. The van der Waals surface area contributed by atoms with Gasteiger partial charge in [-0.25, -0.2) is 18.0 Å². The Morgan fingerprint density at radius 2 is 1.94 bits per heavy atom. The SMILES string of the molecule is COC(=O)c1ccccc1CC(F)C(F)F. The highest BCUT2D eigenvalue weighted by atomic mass is 19.3. The maximum atomic E-state index is 12.9. The maximum Gasteiger partial charge on any atom is 0.338 e.